The number of aromatic nitrogens is 3. The van der Waals surface area contributed by atoms with E-state index in [4.69, 9.17) is 15.2 Å². The lowest BCUT2D eigenvalue weighted by Gasteiger charge is -2.08. The number of anilines is 2. The van der Waals surface area contributed by atoms with Gasteiger partial charge in [0.15, 0.2) is 17.2 Å². The molecule has 1 aliphatic rings. The van der Waals surface area contributed by atoms with Crippen molar-refractivity contribution in [3.8, 4) is 21.9 Å². The molecule has 0 bridgehead atoms. The van der Waals surface area contributed by atoms with Gasteiger partial charge >= 0.3 is 0 Å². The van der Waals surface area contributed by atoms with Gasteiger partial charge in [0.05, 0.1) is 24.1 Å². The van der Waals surface area contributed by atoms with Gasteiger partial charge < -0.3 is 20.5 Å². The van der Waals surface area contributed by atoms with Crippen molar-refractivity contribution in [2.75, 3.05) is 17.8 Å². The van der Waals surface area contributed by atoms with E-state index in [1.807, 2.05) is 47.8 Å². The number of nitrogens with two attached hydrogens (primary N) is 1. The normalized spacial score (nSPS) is 12.1. The minimum Gasteiger partial charge on any atom is -0.454 e. The zero-order valence-corrected chi connectivity index (χ0v) is 16.6. The molecule has 0 spiro atoms. The third-order valence-corrected chi connectivity index (χ3v) is 5.58. The molecular formula is C21H17N5O3S. The van der Waals surface area contributed by atoms with Crippen molar-refractivity contribution in [2.45, 2.75) is 6.54 Å². The summed E-state index contributed by atoms with van der Waals surface area (Å²) in [6.45, 7) is 0.677. The number of hydrogen-bond acceptors (Lipinski definition) is 7. The lowest BCUT2D eigenvalue weighted by molar-refractivity contribution is 0.102. The van der Waals surface area contributed by atoms with Gasteiger partial charge in [-0.25, -0.2) is 4.68 Å². The zero-order valence-electron chi connectivity index (χ0n) is 15.7. The molecule has 0 fully saturated rings. The molecule has 0 atom stereocenters. The Labute approximate surface area is 175 Å². The molecule has 1 aliphatic heterocycles. The van der Waals surface area contributed by atoms with Crippen LogP contribution in [0.25, 0.3) is 10.4 Å². The second-order valence-corrected chi connectivity index (χ2v) is 7.67. The van der Waals surface area contributed by atoms with Crippen molar-refractivity contribution in [3.05, 3.63) is 71.4 Å². The predicted octanol–water partition coefficient (Wildman–Crippen LogP) is 3.62. The summed E-state index contributed by atoms with van der Waals surface area (Å²) in [5.41, 5.74) is 9.22. The molecule has 2 aromatic heterocycles. The molecule has 0 radical (unpaired) electrons. The van der Waals surface area contributed by atoms with Crippen LogP contribution in [0.15, 0.2) is 60.1 Å². The Morgan fingerprint density at radius 3 is 2.93 bits per heavy atom. The fourth-order valence-electron chi connectivity index (χ4n) is 3.15. The van der Waals surface area contributed by atoms with Crippen LogP contribution < -0.4 is 20.5 Å². The number of carbonyl (C=O) groups excluding carboxylic acids is 1. The molecule has 0 unspecified atom stereocenters. The highest BCUT2D eigenvalue weighted by Crippen LogP contribution is 2.33. The molecule has 0 aliphatic carbocycles. The van der Waals surface area contributed by atoms with Gasteiger partial charge in [0.25, 0.3) is 5.91 Å². The Morgan fingerprint density at radius 1 is 1.17 bits per heavy atom. The Kier molecular flexibility index (Phi) is 4.56. The van der Waals surface area contributed by atoms with Crippen molar-refractivity contribution >= 4 is 28.6 Å². The van der Waals surface area contributed by atoms with Crippen LogP contribution in [-0.2, 0) is 6.54 Å². The van der Waals surface area contributed by atoms with Crippen LogP contribution in [0, 0.1) is 0 Å². The van der Waals surface area contributed by atoms with Crippen molar-refractivity contribution in [1.82, 2.24) is 15.0 Å². The first-order valence-electron chi connectivity index (χ1n) is 9.19. The molecule has 1 amide bonds. The number of hydrogen-bond donors (Lipinski definition) is 2. The maximum atomic E-state index is 12.7. The number of nitrogens with zero attached hydrogens (tertiary/aromatic N) is 3. The van der Waals surface area contributed by atoms with E-state index in [9.17, 15) is 4.79 Å². The molecule has 150 valence electrons. The number of carbonyl (C=O) groups is 1. The third kappa shape index (κ3) is 3.58. The van der Waals surface area contributed by atoms with Gasteiger partial charge in [-0.2, -0.15) is 0 Å². The number of thiophene rings is 1. The van der Waals surface area contributed by atoms with Gasteiger partial charge in [0.2, 0.25) is 6.79 Å². The van der Waals surface area contributed by atoms with Gasteiger partial charge in [-0.1, -0.05) is 23.4 Å². The molecule has 9 heteroatoms. The summed E-state index contributed by atoms with van der Waals surface area (Å²) in [6, 6.07) is 15.2. The van der Waals surface area contributed by atoms with E-state index < -0.39 is 0 Å². The number of benzene rings is 2. The SMILES string of the molecule is Nc1ccc(-c2cccs2)cc1NC(=O)c1cn(Cc2ccc3c(c2)OCO3)nn1. The van der Waals surface area contributed by atoms with Crippen LogP contribution in [0.3, 0.4) is 0 Å². The summed E-state index contributed by atoms with van der Waals surface area (Å²) in [7, 11) is 0. The smallest absolute Gasteiger partial charge is 0.277 e. The molecule has 3 N–H and O–H groups in total. The van der Waals surface area contributed by atoms with Crippen LogP contribution in [0.1, 0.15) is 16.1 Å². The summed E-state index contributed by atoms with van der Waals surface area (Å²) in [4.78, 5) is 13.8. The van der Waals surface area contributed by atoms with E-state index in [0.717, 1.165) is 21.8 Å². The molecular weight excluding hydrogens is 402 g/mol. The maximum Gasteiger partial charge on any atom is 0.277 e. The van der Waals surface area contributed by atoms with E-state index in [1.165, 1.54) is 0 Å². The Bertz CT molecular complexity index is 1220. The van der Waals surface area contributed by atoms with E-state index in [1.54, 1.807) is 28.3 Å². The van der Waals surface area contributed by atoms with Crippen molar-refractivity contribution in [3.63, 3.8) is 0 Å². The van der Waals surface area contributed by atoms with Crippen LogP contribution in [0.4, 0.5) is 11.4 Å². The second-order valence-electron chi connectivity index (χ2n) is 6.72. The maximum absolute atomic E-state index is 12.7. The summed E-state index contributed by atoms with van der Waals surface area (Å²) in [5, 5.41) is 12.9. The largest absolute Gasteiger partial charge is 0.454 e. The third-order valence-electron chi connectivity index (χ3n) is 4.66. The highest BCUT2D eigenvalue weighted by atomic mass is 32.1. The summed E-state index contributed by atoms with van der Waals surface area (Å²) in [6.07, 6.45) is 1.60. The van der Waals surface area contributed by atoms with Gasteiger partial charge in [-0.05, 0) is 46.8 Å². The average Bonchev–Trinajstić information content (AvgIpc) is 3.51. The first kappa shape index (κ1) is 18.2. The van der Waals surface area contributed by atoms with Crippen LogP contribution in [0.2, 0.25) is 0 Å². The highest BCUT2D eigenvalue weighted by molar-refractivity contribution is 7.13. The topological polar surface area (TPSA) is 104 Å². The molecule has 30 heavy (non-hydrogen) atoms. The number of amides is 1. The summed E-state index contributed by atoms with van der Waals surface area (Å²) in [5.74, 6) is 1.05. The van der Waals surface area contributed by atoms with Crippen LogP contribution >= 0.6 is 11.3 Å². The first-order chi connectivity index (χ1) is 14.7. The van der Waals surface area contributed by atoms with Gasteiger partial charge in [0.1, 0.15) is 0 Å². The Balaban J connectivity index is 1.31. The molecule has 3 heterocycles. The minimum atomic E-state index is -0.373. The molecule has 2 aromatic carbocycles. The molecule has 5 rings (SSSR count). The van der Waals surface area contributed by atoms with Crippen molar-refractivity contribution in [2.24, 2.45) is 0 Å². The van der Waals surface area contributed by atoms with Crippen LogP contribution in [0.5, 0.6) is 11.5 Å². The summed E-state index contributed by atoms with van der Waals surface area (Å²) < 4.78 is 12.3. The fraction of sp³-hybridized carbons (Fsp3) is 0.0952. The lowest BCUT2D eigenvalue weighted by Crippen LogP contribution is -2.13. The fourth-order valence-corrected chi connectivity index (χ4v) is 3.88. The van der Waals surface area contributed by atoms with Crippen LogP contribution in [-0.4, -0.2) is 27.7 Å². The number of fused-ring (bicyclic) bond motifs is 1. The molecule has 4 aromatic rings. The Hall–Kier alpha value is -3.85. The van der Waals surface area contributed by atoms with Gasteiger partial charge in [0, 0.05) is 4.88 Å². The molecule has 8 nitrogen and oxygen atoms in total. The van der Waals surface area contributed by atoms with Crippen molar-refractivity contribution in [1.29, 1.82) is 0 Å². The second kappa shape index (κ2) is 7.53. The Morgan fingerprint density at radius 2 is 2.07 bits per heavy atom. The van der Waals surface area contributed by atoms with Gasteiger partial charge in [-0.15, -0.1) is 16.4 Å². The average molecular weight is 419 g/mol. The number of nitrogens with one attached hydrogen (secondary N) is 1. The van der Waals surface area contributed by atoms with E-state index in [2.05, 4.69) is 15.6 Å². The lowest BCUT2D eigenvalue weighted by atomic mass is 10.1. The first-order valence-corrected chi connectivity index (χ1v) is 10.1. The highest BCUT2D eigenvalue weighted by Gasteiger charge is 2.16. The van der Waals surface area contributed by atoms with Crippen molar-refractivity contribution < 1.29 is 14.3 Å². The standard InChI is InChI=1S/C21H17N5O3S/c22-15-5-4-14(20-2-1-7-30-20)9-16(15)23-21(27)17-11-26(25-24-17)10-13-3-6-18-19(8-13)29-12-28-18/h1-9,11H,10,12,22H2,(H,23,27). The number of ether oxygens (including phenoxy) is 2. The number of rotatable bonds is 5. The van der Waals surface area contributed by atoms with E-state index >= 15 is 0 Å². The van der Waals surface area contributed by atoms with E-state index in [-0.39, 0.29) is 18.4 Å². The quantitative estimate of drug-likeness (QED) is 0.479. The number of nitrogen functional groups attached to an aromatic ring is 1. The van der Waals surface area contributed by atoms with E-state index in [0.29, 0.717) is 23.7 Å². The zero-order chi connectivity index (χ0) is 20.5. The van der Waals surface area contributed by atoms with Gasteiger partial charge in [-0.3, -0.25) is 4.79 Å². The molecule has 0 saturated carbocycles. The predicted molar refractivity (Wildman–Crippen MR) is 114 cm³/mol. The minimum absolute atomic E-state index is 0.205. The molecule has 0 saturated heterocycles. The summed E-state index contributed by atoms with van der Waals surface area (Å²) >= 11 is 1.62. The monoisotopic (exact) mass is 419 g/mol.